The fraction of sp³-hybridized carbons (Fsp3) is 0.143. The van der Waals surface area contributed by atoms with Crippen molar-refractivity contribution in [1.29, 1.82) is 0 Å². The molecule has 0 radical (unpaired) electrons. The van der Waals surface area contributed by atoms with E-state index < -0.39 is 24.8 Å². The summed E-state index contributed by atoms with van der Waals surface area (Å²) in [6, 6.07) is 6.53. The second kappa shape index (κ2) is 5.79. The quantitative estimate of drug-likeness (QED) is 0.796. The molecule has 0 aromatic heterocycles. The second-order valence-electron chi connectivity index (χ2n) is 5.14. The van der Waals surface area contributed by atoms with Crippen LogP contribution in [-0.2, 0) is 19.9 Å². The Morgan fingerprint density at radius 3 is 2.09 bits per heavy atom. The molecular weight excluding hydrogens is 360 g/mol. The maximum absolute atomic E-state index is 12.9. The molecule has 0 fully saturated rings. The lowest BCUT2D eigenvalue weighted by Gasteiger charge is -2.13. The van der Waals surface area contributed by atoms with Crippen molar-refractivity contribution in [3.63, 3.8) is 0 Å². The number of nitrogens with two attached hydrogens (primary N) is 2. The number of halogens is 1. The molecule has 0 aliphatic carbocycles. The van der Waals surface area contributed by atoms with Gasteiger partial charge in [0.05, 0.1) is 20.5 Å². The van der Waals surface area contributed by atoms with Gasteiger partial charge in [0.1, 0.15) is 4.90 Å². The summed E-state index contributed by atoms with van der Waals surface area (Å²) in [4.78, 5) is -0.966. The first-order chi connectivity index (χ1) is 10.4. The highest BCUT2D eigenvalue weighted by molar-refractivity contribution is 7.93. The van der Waals surface area contributed by atoms with Crippen LogP contribution in [0.15, 0.2) is 45.0 Å². The van der Waals surface area contributed by atoms with Crippen LogP contribution in [0.5, 0.6) is 0 Å². The Morgan fingerprint density at radius 1 is 0.913 bits per heavy atom. The highest BCUT2D eigenvalue weighted by atomic mass is 35.5. The molecule has 0 amide bonds. The number of primary sulfonamides is 1. The minimum absolute atomic E-state index is 0.0685. The average Bonchev–Trinajstić information content (AvgIpc) is 2.41. The normalized spacial score (nSPS) is 12.3. The number of hydrogen-bond donors (Lipinski definition) is 2. The van der Waals surface area contributed by atoms with Crippen molar-refractivity contribution in [3.05, 3.63) is 46.5 Å². The van der Waals surface area contributed by atoms with Crippen molar-refractivity contribution in [1.82, 2.24) is 0 Å². The fourth-order valence-corrected chi connectivity index (χ4v) is 5.32. The third kappa shape index (κ3) is 3.35. The van der Waals surface area contributed by atoms with Crippen molar-refractivity contribution in [2.24, 2.45) is 5.14 Å². The Kier molecular flexibility index (Phi) is 4.46. The van der Waals surface area contributed by atoms with Crippen LogP contribution in [0.25, 0.3) is 0 Å². The number of rotatable bonds is 3. The Labute approximate surface area is 140 Å². The molecule has 0 saturated carbocycles. The molecule has 2 rings (SSSR count). The summed E-state index contributed by atoms with van der Waals surface area (Å²) in [5.74, 6) is 0. The number of sulfone groups is 1. The summed E-state index contributed by atoms with van der Waals surface area (Å²) in [7, 11) is -8.35. The number of aryl methyl sites for hydroxylation is 2. The molecule has 0 spiro atoms. The van der Waals surface area contributed by atoms with Gasteiger partial charge in [-0.15, -0.1) is 0 Å². The van der Waals surface area contributed by atoms with Crippen molar-refractivity contribution < 1.29 is 16.8 Å². The summed E-state index contributed by atoms with van der Waals surface area (Å²) in [6.45, 7) is 3.20. The zero-order valence-electron chi connectivity index (χ0n) is 12.4. The van der Waals surface area contributed by atoms with E-state index in [0.29, 0.717) is 11.1 Å². The monoisotopic (exact) mass is 374 g/mol. The topological polar surface area (TPSA) is 120 Å². The van der Waals surface area contributed by atoms with Gasteiger partial charge in [0.15, 0.2) is 0 Å². The van der Waals surface area contributed by atoms with Gasteiger partial charge in [-0.1, -0.05) is 17.7 Å². The first-order valence-corrected chi connectivity index (χ1v) is 9.79. The van der Waals surface area contributed by atoms with Gasteiger partial charge in [-0.3, -0.25) is 0 Å². The van der Waals surface area contributed by atoms with Crippen LogP contribution in [0.1, 0.15) is 11.1 Å². The molecule has 0 atom stereocenters. The van der Waals surface area contributed by atoms with E-state index in [4.69, 9.17) is 22.5 Å². The lowest BCUT2D eigenvalue weighted by Crippen LogP contribution is -2.17. The van der Waals surface area contributed by atoms with Gasteiger partial charge in [-0.05, 0) is 49.2 Å². The van der Waals surface area contributed by atoms with Gasteiger partial charge in [0, 0.05) is 0 Å². The van der Waals surface area contributed by atoms with E-state index >= 15 is 0 Å². The second-order valence-corrected chi connectivity index (χ2v) is 8.96. The summed E-state index contributed by atoms with van der Waals surface area (Å²) >= 11 is 5.91. The number of hydrogen-bond acceptors (Lipinski definition) is 5. The zero-order chi connectivity index (χ0) is 17.6. The van der Waals surface area contributed by atoms with Gasteiger partial charge >= 0.3 is 0 Å². The first kappa shape index (κ1) is 17.7. The van der Waals surface area contributed by atoms with Gasteiger partial charge in [0.25, 0.3) is 0 Å². The van der Waals surface area contributed by atoms with Crippen LogP contribution in [0.3, 0.4) is 0 Å². The minimum atomic E-state index is -4.21. The van der Waals surface area contributed by atoms with Crippen molar-refractivity contribution in [3.8, 4) is 0 Å². The molecule has 0 aliphatic heterocycles. The largest absolute Gasteiger partial charge is 0.398 e. The molecule has 2 aromatic rings. The molecule has 2 aromatic carbocycles. The molecule has 124 valence electrons. The van der Waals surface area contributed by atoms with E-state index in [9.17, 15) is 16.8 Å². The zero-order valence-corrected chi connectivity index (χ0v) is 14.8. The van der Waals surface area contributed by atoms with Crippen LogP contribution < -0.4 is 10.9 Å². The van der Waals surface area contributed by atoms with Gasteiger partial charge in [-0.25, -0.2) is 22.0 Å². The molecule has 0 unspecified atom stereocenters. The average molecular weight is 375 g/mol. The third-order valence-electron chi connectivity index (χ3n) is 3.28. The van der Waals surface area contributed by atoms with E-state index in [2.05, 4.69) is 0 Å². The Hall–Kier alpha value is -1.61. The SMILES string of the molecule is Cc1ccc(S(N)(=O)=O)c(S(=O)(=O)c2cc(Cl)c(N)cc2C)c1. The van der Waals surface area contributed by atoms with E-state index in [-0.39, 0.29) is 20.5 Å². The summed E-state index contributed by atoms with van der Waals surface area (Å²) in [5.41, 5.74) is 6.82. The van der Waals surface area contributed by atoms with Gasteiger partial charge in [-0.2, -0.15) is 0 Å². The molecule has 23 heavy (non-hydrogen) atoms. The standard InChI is InChI=1S/C14H15ClN2O4S2/c1-8-3-4-12(23(17,20)21)14(5-8)22(18,19)13-7-10(15)11(16)6-9(13)2/h3-7H,16H2,1-2H3,(H2,17,20,21). The van der Waals surface area contributed by atoms with E-state index in [0.717, 1.165) is 0 Å². The number of benzene rings is 2. The van der Waals surface area contributed by atoms with E-state index in [1.54, 1.807) is 13.8 Å². The lowest BCUT2D eigenvalue weighted by atomic mass is 10.2. The highest BCUT2D eigenvalue weighted by Crippen LogP contribution is 2.33. The lowest BCUT2D eigenvalue weighted by molar-refractivity contribution is 0.583. The molecule has 9 heteroatoms. The molecule has 4 N–H and O–H groups in total. The van der Waals surface area contributed by atoms with Crippen LogP contribution in [0.4, 0.5) is 5.69 Å². The van der Waals surface area contributed by atoms with Crippen molar-refractivity contribution in [2.75, 3.05) is 5.73 Å². The van der Waals surface area contributed by atoms with Crippen molar-refractivity contribution in [2.45, 2.75) is 28.5 Å². The van der Waals surface area contributed by atoms with E-state index in [1.807, 2.05) is 0 Å². The molecule has 0 bridgehead atoms. The number of nitrogen functional groups attached to an aromatic ring is 1. The minimum Gasteiger partial charge on any atom is -0.398 e. The predicted molar refractivity (Wildman–Crippen MR) is 88.6 cm³/mol. The van der Waals surface area contributed by atoms with Gasteiger partial charge < -0.3 is 5.73 Å². The Balaban J connectivity index is 2.86. The predicted octanol–water partition coefficient (Wildman–Crippen LogP) is 2.02. The summed E-state index contributed by atoms with van der Waals surface area (Å²) in [6.07, 6.45) is 0. The third-order valence-corrected chi connectivity index (χ3v) is 6.64. The van der Waals surface area contributed by atoms with Crippen LogP contribution >= 0.6 is 11.6 Å². The van der Waals surface area contributed by atoms with E-state index in [1.165, 1.54) is 30.3 Å². The van der Waals surface area contributed by atoms with Gasteiger partial charge in [0.2, 0.25) is 19.9 Å². The molecule has 0 heterocycles. The Morgan fingerprint density at radius 2 is 1.52 bits per heavy atom. The Bertz CT molecular complexity index is 1000. The molecule has 6 nitrogen and oxygen atoms in total. The molecular formula is C14H15ClN2O4S2. The molecule has 0 saturated heterocycles. The highest BCUT2D eigenvalue weighted by Gasteiger charge is 2.28. The maximum atomic E-state index is 12.9. The fourth-order valence-electron chi connectivity index (χ4n) is 2.15. The first-order valence-electron chi connectivity index (χ1n) is 6.39. The van der Waals surface area contributed by atoms with Crippen LogP contribution in [-0.4, -0.2) is 16.8 Å². The summed E-state index contributed by atoms with van der Waals surface area (Å²) in [5, 5.41) is 5.20. The molecule has 0 aliphatic rings. The maximum Gasteiger partial charge on any atom is 0.239 e. The number of anilines is 1. The summed E-state index contributed by atoms with van der Waals surface area (Å²) < 4.78 is 49.3. The number of sulfonamides is 1. The smallest absolute Gasteiger partial charge is 0.239 e. The van der Waals surface area contributed by atoms with Crippen molar-refractivity contribution >= 4 is 37.1 Å². The van der Waals surface area contributed by atoms with Crippen LogP contribution in [0, 0.1) is 13.8 Å². The van der Waals surface area contributed by atoms with Crippen LogP contribution in [0.2, 0.25) is 5.02 Å².